The number of Topliss-reactive ketones (excluding diaryl/α,β-unsaturated/α-hetero) is 1. The Kier molecular flexibility index (Phi) is 12.2. The van der Waals surface area contributed by atoms with Crippen molar-refractivity contribution >= 4 is 29.2 Å². The van der Waals surface area contributed by atoms with Crippen molar-refractivity contribution in [1.82, 2.24) is 0 Å². The number of aliphatic hydroxyl groups is 1. The number of amides is 1. The molecule has 0 heterocycles. The van der Waals surface area contributed by atoms with E-state index in [4.69, 9.17) is 5.41 Å². The number of aliphatic carboxylic acids is 1. The molecule has 12 heteroatoms. The summed E-state index contributed by atoms with van der Waals surface area (Å²) in [7, 11) is 0. The van der Waals surface area contributed by atoms with Crippen molar-refractivity contribution in [3.05, 3.63) is 40.8 Å². The molecule has 0 aliphatic rings. The molecule has 9 nitrogen and oxygen atoms in total. The number of hydrogen-bond acceptors (Lipinski definition) is 5. The predicted molar refractivity (Wildman–Crippen MR) is 111 cm³/mol. The summed E-state index contributed by atoms with van der Waals surface area (Å²) < 4.78 is 37.3. The zero-order valence-corrected chi connectivity index (χ0v) is 18.5. The Morgan fingerprint density at radius 1 is 1.18 bits per heavy atom. The number of nitrogens with zero attached hydrogens (tertiary/aromatic N) is 1. The first-order valence-electron chi connectivity index (χ1n) is 9.96. The van der Waals surface area contributed by atoms with Gasteiger partial charge in [0.25, 0.3) is 5.91 Å². The number of carboxylic acid groups (broad SMARTS) is 1. The molecule has 0 spiro atoms. The molecule has 1 amide bonds. The SMILES string of the molecule is CC(C)(O)CC(=O)C(=C=[N-])C(=O)Nc1ccc(C(F)(F)F)cc1.[NH3+]CCCCC([NH3+])C(=O)[O-]. The third-order valence-electron chi connectivity index (χ3n) is 4.07. The molecule has 1 rings (SSSR count). The molecule has 33 heavy (non-hydrogen) atoms. The summed E-state index contributed by atoms with van der Waals surface area (Å²) >= 11 is 0. The van der Waals surface area contributed by atoms with Gasteiger partial charge < -0.3 is 37.2 Å². The molecule has 1 aromatic rings. The number of carboxylic acids is 1. The van der Waals surface area contributed by atoms with Crippen LogP contribution in [-0.2, 0) is 20.6 Å². The van der Waals surface area contributed by atoms with E-state index in [0.29, 0.717) is 6.42 Å². The van der Waals surface area contributed by atoms with E-state index in [0.717, 1.165) is 43.7 Å². The fraction of sp³-hybridized carbons (Fsp3) is 0.476. The van der Waals surface area contributed by atoms with Gasteiger partial charge in [-0.1, -0.05) is 0 Å². The summed E-state index contributed by atoms with van der Waals surface area (Å²) in [6.07, 6.45) is -2.48. The number of halogens is 3. The van der Waals surface area contributed by atoms with Crippen LogP contribution in [0, 0.1) is 0 Å². The molecule has 184 valence electrons. The lowest BCUT2D eigenvalue weighted by molar-refractivity contribution is -0.439. The van der Waals surface area contributed by atoms with Crippen molar-refractivity contribution in [3.63, 3.8) is 0 Å². The fourth-order valence-electron chi connectivity index (χ4n) is 2.34. The largest absolute Gasteiger partial charge is 0.763 e. The third-order valence-corrected chi connectivity index (χ3v) is 4.07. The van der Waals surface area contributed by atoms with E-state index in [1.165, 1.54) is 19.7 Å². The van der Waals surface area contributed by atoms with E-state index < -0.39 is 53.0 Å². The van der Waals surface area contributed by atoms with Crippen LogP contribution in [0.3, 0.4) is 0 Å². The van der Waals surface area contributed by atoms with Crippen LogP contribution in [0.4, 0.5) is 18.9 Å². The molecule has 1 aromatic carbocycles. The van der Waals surface area contributed by atoms with Crippen LogP contribution in [0.5, 0.6) is 0 Å². The standard InChI is InChI=1S/C15H14F3N2O3.C6H14N2O2/c1-14(2,23)7-12(21)11(8-19)13(22)20-10-5-3-9(4-6-10)15(16,17)18;7-4-2-1-3-5(8)6(9)10/h3-6,23H,7H2,1-2H3,(H,20,22);5H,1-4,7-8H2,(H,9,10)/q-1;/p+1. The lowest BCUT2D eigenvalue weighted by Crippen LogP contribution is -2.68. The van der Waals surface area contributed by atoms with Gasteiger partial charge in [0, 0.05) is 18.5 Å². The highest BCUT2D eigenvalue weighted by Crippen LogP contribution is 2.29. The smallest absolute Gasteiger partial charge is 0.416 e. The first kappa shape index (κ1) is 30.0. The highest BCUT2D eigenvalue weighted by Gasteiger charge is 2.30. The molecule has 0 radical (unpaired) electrons. The predicted octanol–water partition coefficient (Wildman–Crippen LogP) is -0.701. The number of hydrogen-bond donors (Lipinski definition) is 4. The summed E-state index contributed by atoms with van der Waals surface area (Å²) in [5, 5.41) is 30.7. The van der Waals surface area contributed by atoms with E-state index in [1.54, 1.807) is 0 Å². The van der Waals surface area contributed by atoms with Gasteiger partial charge in [0.05, 0.1) is 23.7 Å². The lowest BCUT2D eigenvalue weighted by atomic mass is 9.98. The highest BCUT2D eigenvalue weighted by atomic mass is 19.4. The second-order valence-corrected chi connectivity index (χ2v) is 7.79. The molecule has 0 fully saturated rings. The molecule has 1 unspecified atom stereocenters. The van der Waals surface area contributed by atoms with Crippen LogP contribution in [0.2, 0.25) is 0 Å². The topological polar surface area (TPSA) is 184 Å². The third kappa shape index (κ3) is 12.5. The maximum atomic E-state index is 12.4. The molecule has 8 N–H and O–H groups in total. The van der Waals surface area contributed by atoms with Crippen molar-refractivity contribution < 1.29 is 49.2 Å². The van der Waals surface area contributed by atoms with Gasteiger partial charge in [-0.3, -0.25) is 15.5 Å². The molecule has 0 aromatic heterocycles. The number of rotatable bonds is 10. The number of carbonyl (C=O) groups is 3. The summed E-state index contributed by atoms with van der Waals surface area (Å²) in [4.78, 5) is 33.7. The van der Waals surface area contributed by atoms with Crippen LogP contribution < -0.4 is 21.9 Å². The van der Waals surface area contributed by atoms with Gasteiger partial charge in [-0.05, 0) is 51.0 Å². The Morgan fingerprint density at radius 3 is 2.12 bits per heavy atom. The van der Waals surface area contributed by atoms with Crippen LogP contribution >= 0.6 is 0 Å². The average Bonchev–Trinajstić information content (AvgIpc) is 2.67. The summed E-state index contributed by atoms with van der Waals surface area (Å²) in [5.74, 6) is -1.51. The minimum Gasteiger partial charge on any atom is -0.763 e. The van der Waals surface area contributed by atoms with Crippen LogP contribution in [-0.4, -0.2) is 46.8 Å². The van der Waals surface area contributed by atoms with Gasteiger partial charge in [0.15, 0.2) is 5.78 Å². The van der Waals surface area contributed by atoms with Gasteiger partial charge in [0.2, 0.25) is 0 Å². The second kappa shape index (κ2) is 13.5. The quantitative estimate of drug-likeness (QED) is 0.115. The first-order valence-corrected chi connectivity index (χ1v) is 9.96. The van der Waals surface area contributed by atoms with Gasteiger partial charge in [0.1, 0.15) is 11.6 Å². The molecule has 1 atom stereocenters. The van der Waals surface area contributed by atoms with Gasteiger partial charge in [-0.15, -0.1) is 0 Å². The molecule has 0 bridgehead atoms. The Hall–Kier alpha value is -3.05. The second-order valence-electron chi connectivity index (χ2n) is 7.79. The zero-order chi connectivity index (χ0) is 25.8. The van der Waals surface area contributed by atoms with Gasteiger partial charge >= 0.3 is 6.18 Å². The van der Waals surface area contributed by atoms with E-state index in [2.05, 4.69) is 16.8 Å². The molecule has 0 aliphatic carbocycles. The maximum Gasteiger partial charge on any atom is 0.416 e. The van der Waals surface area contributed by atoms with Crippen LogP contribution in [0.25, 0.3) is 5.41 Å². The maximum absolute atomic E-state index is 12.4. The van der Waals surface area contributed by atoms with Crippen LogP contribution in [0.1, 0.15) is 45.1 Å². The molecule has 0 aliphatic heterocycles. The molecular formula is C21H29F3N4O5. The summed E-state index contributed by atoms with van der Waals surface area (Å²) in [6, 6.07) is 3.00. The minimum absolute atomic E-state index is 0.00630. The number of carbonyl (C=O) groups excluding carboxylic acids is 3. The van der Waals surface area contributed by atoms with Gasteiger partial charge in [-0.2, -0.15) is 13.2 Å². The zero-order valence-electron chi connectivity index (χ0n) is 18.5. The number of quaternary nitrogens is 2. The highest BCUT2D eigenvalue weighted by molar-refractivity contribution is 6.29. The Morgan fingerprint density at radius 2 is 1.73 bits per heavy atom. The summed E-state index contributed by atoms with van der Waals surface area (Å²) in [6.45, 7) is 3.54. The average molecular weight is 474 g/mol. The fourth-order valence-corrected chi connectivity index (χ4v) is 2.34. The number of benzene rings is 1. The Bertz CT molecular complexity index is 858. The Labute approximate surface area is 189 Å². The normalized spacial score (nSPS) is 12.0. The van der Waals surface area contributed by atoms with E-state index in [1.807, 2.05) is 0 Å². The lowest BCUT2D eigenvalue weighted by Gasteiger charge is -2.16. The van der Waals surface area contributed by atoms with E-state index >= 15 is 0 Å². The number of ketones is 1. The number of nitrogens with one attached hydrogen (secondary N) is 1. The molecule has 0 saturated carbocycles. The van der Waals surface area contributed by atoms with Gasteiger partial charge in [-0.25, -0.2) is 0 Å². The van der Waals surface area contributed by atoms with Crippen molar-refractivity contribution in [2.75, 3.05) is 11.9 Å². The van der Waals surface area contributed by atoms with Crippen molar-refractivity contribution in [1.29, 1.82) is 0 Å². The van der Waals surface area contributed by atoms with E-state index in [9.17, 15) is 37.8 Å². The molecular weight excluding hydrogens is 445 g/mol. The van der Waals surface area contributed by atoms with Crippen molar-refractivity contribution in [3.8, 4) is 0 Å². The molecule has 0 saturated heterocycles. The first-order chi connectivity index (χ1) is 15.1. The minimum atomic E-state index is -4.50. The monoisotopic (exact) mass is 474 g/mol. The summed E-state index contributed by atoms with van der Waals surface area (Å²) in [5.41, 5.74) is 4.06. The number of unbranched alkanes of at least 4 members (excludes halogenated alkanes) is 1. The van der Waals surface area contributed by atoms with Crippen molar-refractivity contribution in [2.24, 2.45) is 0 Å². The Balaban J connectivity index is 0.000000861. The van der Waals surface area contributed by atoms with Crippen molar-refractivity contribution in [2.45, 2.75) is 57.3 Å². The number of anilines is 1. The van der Waals surface area contributed by atoms with E-state index in [-0.39, 0.29) is 5.69 Å². The van der Waals surface area contributed by atoms with Crippen LogP contribution in [0.15, 0.2) is 29.8 Å². The number of alkyl halides is 3.